The van der Waals surface area contributed by atoms with Gasteiger partial charge in [-0.25, -0.2) is 0 Å². The number of rotatable bonds is 2. The Hall–Kier alpha value is 1.25. The smallest absolute Gasteiger partial charge is 1.00 e. The van der Waals surface area contributed by atoms with Gasteiger partial charge in [-0.2, -0.15) is 6.42 Å². The Labute approximate surface area is 79.3 Å². The fourth-order valence-electron chi connectivity index (χ4n) is 0.204. The zero-order valence-corrected chi connectivity index (χ0v) is 8.78. The Morgan fingerprint density at radius 2 is 1.88 bits per heavy atom. The molecule has 0 aliphatic heterocycles. The summed E-state index contributed by atoms with van der Waals surface area (Å²) in [5.74, 6) is 0.824. The average molecular weight is 189 g/mol. The van der Waals surface area contributed by atoms with Gasteiger partial charge in [0.15, 0.2) is 0 Å². The standard InChI is InChI=1S/C6H13.BrH.Mg/c1-4-6(3)5-2;;/h6H,1,4-5H2,2-3H3;1H;/q-1;;+2/p-1/t6-;;/m0../s1. The average Bonchev–Trinajstić information content (AvgIpc) is 1.65. The summed E-state index contributed by atoms with van der Waals surface area (Å²) in [5, 5.41) is 0. The number of hydrogen-bond acceptors (Lipinski definition) is 0. The van der Waals surface area contributed by atoms with Gasteiger partial charge in [0.1, 0.15) is 0 Å². The van der Waals surface area contributed by atoms with Crippen LogP contribution in [0.25, 0.3) is 0 Å². The summed E-state index contributed by atoms with van der Waals surface area (Å²) in [5.41, 5.74) is 0. The van der Waals surface area contributed by atoms with E-state index in [0.29, 0.717) is 0 Å². The molecular formula is C6H13BrMg. The summed E-state index contributed by atoms with van der Waals surface area (Å²) >= 11 is 0. The molecule has 0 nitrogen and oxygen atoms in total. The van der Waals surface area contributed by atoms with Crippen LogP contribution in [-0.4, -0.2) is 23.1 Å². The van der Waals surface area contributed by atoms with Crippen LogP contribution in [0, 0.1) is 12.8 Å². The molecule has 0 aromatic carbocycles. The summed E-state index contributed by atoms with van der Waals surface area (Å²) < 4.78 is 0. The molecule has 0 aromatic rings. The second-order valence-corrected chi connectivity index (χ2v) is 1.80. The van der Waals surface area contributed by atoms with Crippen molar-refractivity contribution in [1.29, 1.82) is 0 Å². The molecule has 0 saturated carbocycles. The quantitative estimate of drug-likeness (QED) is 0.381. The number of hydrogen-bond donors (Lipinski definition) is 0. The zero-order chi connectivity index (χ0) is 4.99. The van der Waals surface area contributed by atoms with Crippen LogP contribution in [0.5, 0.6) is 0 Å². The van der Waals surface area contributed by atoms with E-state index >= 15 is 0 Å². The van der Waals surface area contributed by atoms with Gasteiger partial charge in [-0.1, -0.05) is 26.2 Å². The fourth-order valence-corrected chi connectivity index (χ4v) is 0.204. The van der Waals surface area contributed by atoms with Crippen LogP contribution in [-0.2, 0) is 0 Å². The monoisotopic (exact) mass is 188 g/mol. The first-order valence-electron chi connectivity index (χ1n) is 2.60. The third kappa shape index (κ3) is 10.3. The maximum absolute atomic E-state index is 3.76. The first-order chi connectivity index (χ1) is 2.81. The molecule has 0 saturated heterocycles. The summed E-state index contributed by atoms with van der Waals surface area (Å²) in [7, 11) is 0. The van der Waals surface area contributed by atoms with Gasteiger partial charge in [-0.15, -0.1) is 0 Å². The number of halogens is 1. The van der Waals surface area contributed by atoms with Crippen molar-refractivity contribution in [3.05, 3.63) is 6.92 Å². The van der Waals surface area contributed by atoms with Crippen LogP contribution < -0.4 is 17.0 Å². The molecule has 0 unspecified atom stereocenters. The first kappa shape index (κ1) is 16.1. The van der Waals surface area contributed by atoms with E-state index in [4.69, 9.17) is 0 Å². The fraction of sp³-hybridized carbons (Fsp3) is 0.833. The molecule has 0 N–H and O–H groups in total. The van der Waals surface area contributed by atoms with Crippen LogP contribution in [0.4, 0.5) is 0 Å². The Balaban J connectivity index is -0.000000125. The van der Waals surface area contributed by atoms with Crippen LogP contribution in [0.3, 0.4) is 0 Å². The molecule has 2 heteroatoms. The van der Waals surface area contributed by atoms with Crippen molar-refractivity contribution >= 4 is 23.1 Å². The zero-order valence-electron chi connectivity index (χ0n) is 5.78. The van der Waals surface area contributed by atoms with Crippen molar-refractivity contribution in [2.24, 2.45) is 5.92 Å². The van der Waals surface area contributed by atoms with Crippen molar-refractivity contribution < 1.29 is 17.0 Å². The van der Waals surface area contributed by atoms with Gasteiger partial charge >= 0.3 is 23.1 Å². The van der Waals surface area contributed by atoms with Gasteiger partial charge < -0.3 is 23.9 Å². The molecule has 0 fully saturated rings. The first-order valence-corrected chi connectivity index (χ1v) is 2.60. The van der Waals surface area contributed by atoms with E-state index in [9.17, 15) is 0 Å². The minimum atomic E-state index is 0. The SMILES string of the molecule is [Br-].[CH2-]C[C@H](C)CC.[Mg+2]. The largest absolute Gasteiger partial charge is 2.00 e. The molecule has 0 amide bonds. The van der Waals surface area contributed by atoms with Gasteiger partial charge in [-0.3, -0.25) is 0 Å². The Kier molecular flexibility index (Phi) is 22.4. The predicted octanol–water partition coefficient (Wildman–Crippen LogP) is -1.12. The third-order valence-electron chi connectivity index (χ3n) is 1.19. The maximum atomic E-state index is 3.76. The normalized spacial score (nSPS) is 10.9. The van der Waals surface area contributed by atoms with Crippen LogP contribution in [0.1, 0.15) is 26.7 Å². The predicted molar refractivity (Wildman–Crippen MR) is 35.2 cm³/mol. The van der Waals surface area contributed by atoms with Crippen molar-refractivity contribution in [1.82, 2.24) is 0 Å². The molecule has 46 valence electrons. The van der Waals surface area contributed by atoms with Gasteiger partial charge in [0.25, 0.3) is 0 Å². The molecule has 0 aliphatic rings. The van der Waals surface area contributed by atoms with E-state index in [-0.39, 0.29) is 40.0 Å². The molecule has 1 atom stereocenters. The van der Waals surface area contributed by atoms with E-state index in [1.54, 1.807) is 0 Å². The third-order valence-corrected chi connectivity index (χ3v) is 1.19. The maximum Gasteiger partial charge on any atom is 2.00 e. The topological polar surface area (TPSA) is 0 Å². The molecule has 0 aliphatic carbocycles. The molecule has 0 rings (SSSR count). The van der Waals surface area contributed by atoms with E-state index in [2.05, 4.69) is 20.8 Å². The molecular weight excluding hydrogens is 176 g/mol. The van der Waals surface area contributed by atoms with Crippen molar-refractivity contribution in [2.75, 3.05) is 0 Å². The Bertz CT molecular complexity index is 27.7. The molecule has 0 spiro atoms. The van der Waals surface area contributed by atoms with Gasteiger partial charge in [0, 0.05) is 0 Å². The van der Waals surface area contributed by atoms with Crippen LogP contribution in [0.15, 0.2) is 0 Å². The van der Waals surface area contributed by atoms with E-state index < -0.39 is 0 Å². The minimum Gasteiger partial charge on any atom is -1.00 e. The second-order valence-electron chi connectivity index (χ2n) is 1.80. The summed E-state index contributed by atoms with van der Waals surface area (Å²) in [6, 6.07) is 0. The Morgan fingerprint density at radius 3 is 1.88 bits per heavy atom. The second kappa shape index (κ2) is 11.1. The van der Waals surface area contributed by atoms with Crippen molar-refractivity contribution in [3.8, 4) is 0 Å². The van der Waals surface area contributed by atoms with Gasteiger partial charge in [0.05, 0.1) is 0 Å². The van der Waals surface area contributed by atoms with Gasteiger partial charge in [0.2, 0.25) is 0 Å². The molecule has 0 radical (unpaired) electrons. The molecule has 0 heterocycles. The molecule has 0 bridgehead atoms. The Morgan fingerprint density at radius 1 is 1.50 bits per heavy atom. The van der Waals surface area contributed by atoms with Gasteiger partial charge in [-0.05, 0) is 0 Å². The van der Waals surface area contributed by atoms with Crippen LogP contribution in [0.2, 0.25) is 0 Å². The molecule has 0 aromatic heterocycles. The summed E-state index contributed by atoms with van der Waals surface area (Å²) in [4.78, 5) is 0. The van der Waals surface area contributed by atoms with E-state index in [0.717, 1.165) is 12.3 Å². The van der Waals surface area contributed by atoms with Crippen LogP contribution >= 0.6 is 0 Å². The minimum absolute atomic E-state index is 0. The summed E-state index contributed by atoms with van der Waals surface area (Å²) in [6.07, 6.45) is 2.35. The van der Waals surface area contributed by atoms with Crippen molar-refractivity contribution in [3.63, 3.8) is 0 Å². The van der Waals surface area contributed by atoms with E-state index in [1.807, 2.05) is 0 Å². The van der Waals surface area contributed by atoms with Crippen molar-refractivity contribution in [2.45, 2.75) is 26.7 Å². The molecule has 8 heavy (non-hydrogen) atoms. The van der Waals surface area contributed by atoms with E-state index in [1.165, 1.54) is 6.42 Å². The summed E-state index contributed by atoms with van der Waals surface area (Å²) in [6.45, 7) is 8.16.